The van der Waals surface area contributed by atoms with E-state index in [-0.39, 0.29) is 5.16 Å². The van der Waals surface area contributed by atoms with Crippen molar-refractivity contribution < 1.29 is 13.0 Å². The summed E-state index contributed by atoms with van der Waals surface area (Å²) in [6, 6.07) is 0. The molecule has 74 valence electrons. The van der Waals surface area contributed by atoms with Gasteiger partial charge in [0.25, 0.3) is 0 Å². The van der Waals surface area contributed by atoms with Crippen LogP contribution in [-0.4, -0.2) is 22.4 Å². The van der Waals surface area contributed by atoms with Gasteiger partial charge in [0.15, 0.2) is 0 Å². The van der Waals surface area contributed by atoms with Crippen LogP contribution in [0.3, 0.4) is 0 Å². The van der Waals surface area contributed by atoms with Crippen LogP contribution in [0.4, 0.5) is 0 Å². The van der Waals surface area contributed by atoms with E-state index < -0.39 is 10.0 Å². The third-order valence-electron chi connectivity index (χ3n) is 1.83. The van der Waals surface area contributed by atoms with Gasteiger partial charge in [-0.1, -0.05) is 0 Å². The molecule has 0 radical (unpaired) electrons. The Morgan fingerprint density at radius 2 is 2.36 bits per heavy atom. The number of hydrogen-bond acceptors (Lipinski definition) is 3. The second-order valence-corrected chi connectivity index (χ2v) is 4.53. The molecule has 0 amide bonds. The summed E-state index contributed by atoms with van der Waals surface area (Å²) in [4.78, 5) is 6.35. The first-order valence-corrected chi connectivity index (χ1v) is 5.33. The largest absolute Gasteiger partial charge is 0.394 e. The van der Waals surface area contributed by atoms with Gasteiger partial charge >= 0.3 is 15.2 Å². The molecule has 2 heterocycles. The summed E-state index contributed by atoms with van der Waals surface area (Å²) in [5.41, 5.74) is 0. The van der Waals surface area contributed by atoms with E-state index in [0.717, 1.165) is 3.97 Å². The molecule has 2 aromatic heterocycles. The average molecular weight is 213 g/mol. The predicted octanol–water partition coefficient (Wildman–Crippen LogP) is -0.727. The Kier molecular flexibility index (Phi) is 1.88. The number of nitrogens with zero attached hydrogens (tertiary/aromatic N) is 3. The third kappa shape index (κ3) is 1.22. The fourth-order valence-electron chi connectivity index (χ4n) is 1.14. The maximum atomic E-state index is 11.8. The lowest BCUT2D eigenvalue weighted by Crippen LogP contribution is -2.34. The number of imidazole rings is 2. The molecule has 0 aromatic carbocycles. The maximum absolute atomic E-state index is 11.8. The van der Waals surface area contributed by atoms with Crippen LogP contribution in [0.1, 0.15) is 0 Å². The van der Waals surface area contributed by atoms with Crippen LogP contribution >= 0.6 is 0 Å². The number of rotatable bonds is 2. The van der Waals surface area contributed by atoms with E-state index in [0.29, 0.717) is 0 Å². The summed E-state index contributed by atoms with van der Waals surface area (Å²) in [5.74, 6) is 0. The van der Waals surface area contributed by atoms with Gasteiger partial charge in [0.2, 0.25) is 0 Å². The highest BCUT2D eigenvalue weighted by Gasteiger charge is 2.26. The molecule has 1 N–H and O–H groups in total. The summed E-state index contributed by atoms with van der Waals surface area (Å²) in [6.45, 7) is 0. The highest BCUT2D eigenvalue weighted by Crippen LogP contribution is 2.04. The van der Waals surface area contributed by atoms with Crippen molar-refractivity contribution in [2.24, 2.45) is 7.05 Å². The molecular formula is C7H9N4O2S+. The Morgan fingerprint density at radius 3 is 2.86 bits per heavy atom. The summed E-state index contributed by atoms with van der Waals surface area (Å²) in [6.07, 6.45) is 7.24. The summed E-state index contributed by atoms with van der Waals surface area (Å²) >= 11 is 0. The minimum atomic E-state index is -3.52. The van der Waals surface area contributed by atoms with Crippen molar-refractivity contribution in [1.29, 1.82) is 0 Å². The van der Waals surface area contributed by atoms with Crippen LogP contribution in [0, 0.1) is 0 Å². The van der Waals surface area contributed by atoms with Crippen molar-refractivity contribution in [3.63, 3.8) is 0 Å². The molecule has 2 rings (SSSR count). The number of aromatic amines is 1. The van der Waals surface area contributed by atoms with Crippen molar-refractivity contribution >= 4 is 10.0 Å². The Balaban J connectivity index is 2.60. The number of hydrogen-bond donors (Lipinski definition) is 1. The van der Waals surface area contributed by atoms with Gasteiger partial charge in [0.1, 0.15) is 18.7 Å². The third-order valence-corrected chi connectivity index (χ3v) is 3.49. The van der Waals surface area contributed by atoms with Crippen molar-refractivity contribution in [3.8, 4) is 0 Å². The Labute approximate surface area is 80.9 Å². The fourth-order valence-corrected chi connectivity index (χ4v) is 2.37. The van der Waals surface area contributed by atoms with E-state index in [9.17, 15) is 8.42 Å². The van der Waals surface area contributed by atoms with Crippen molar-refractivity contribution in [2.75, 3.05) is 0 Å². The first kappa shape index (κ1) is 8.95. The molecule has 0 saturated carbocycles. The number of aromatic nitrogens is 4. The van der Waals surface area contributed by atoms with Crippen LogP contribution in [0.5, 0.6) is 0 Å². The van der Waals surface area contributed by atoms with Gasteiger partial charge in [-0.25, -0.2) is 18.5 Å². The topological polar surface area (TPSA) is 71.6 Å². The smallest absolute Gasteiger partial charge is 0.244 e. The van der Waals surface area contributed by atoms with Crippen molar-refractivity contribution in [1.82, 2.24) is 13.9 Å². The highest BCUT2D eigenvalue weighted by atomic mass is 32.2. The van der Waals surface area contributed by atoms with Crippen molar-refractivity contribution in [3.05, 3.63) is 31.1 Å². The standard InChI is InChI=1S/C7H8N4O2S/c1-10-4-3-9-7(10)14(12,13)11-5-2-8-6-11/h2-6H,1H3/p+1. The van der Waals surface area contributed by atoms with Gasteiger partial charge < -0.3 is 0 Å². The first-order valence-electron chi connectivity index (χ1n) is 3.89. The Bertz CT molecular complexity index is 526. The lowest BCUT2D eigenvalue weighted by atomic mass is 10.9. The predicted molar refractivity (Wildman–Crippen MR) is 46.8 cm³/mol. The molecule has 0 aliphatic rings. The van der Waals surface area contributed by atoms with E-state index in [2.05, 4.69) is 9.97 Å². The number of nitrogens with one attached hydrogen (secondary N) is 1. The van der Waals surface area contributed by atoms with Crippen LogP contribution in [0.25, 0.3) is 0 Å². The molecule has 2 aromatic rings. The van der Waals surface area contributed by atoms with E-state index >= 15 is 0 Å². The molecular weight excluding hydrogens is 204 g/mol. The average Bonchev–Trinajstić information content (AvgIpc) is 2.72. The van der Waals surface area contributed by atoms with Crippen LogP contribution in [0.15, 0.2) is 36.3 Å². The van der Waals surface area contributed by atoms with Gasteiger partial charge in [-0.3, -0.25) is 0 Å². The molecule has 0 atom stereocenters. The zero-order chi connectivity index (χ0) is 10.2. The van der Waals surface area contributed by atoms with Gasteiger partial charge in [-0.15, -0.1) is 0 Å². The van der Waals surface area contributed by atoms with E-state index in [1.807, 2.05) is 0 Å². The zero-order valence-electron chi connectivity index (χ0n) is 7.45. The van der Waals surface area contributed by atoms with Crippen LogP contribution in [0.2, 0.25) is 0 Å². The Hall–Kier alpha value is -1.63. The molecule has 6 nitrogen and oxygen atoms in total. The van der Waals surface area contributed by atoms with E-state index in [4.69, 9.17) is 0 Å². The van der Waals surface area contributed by atoms with E-state index in [1.54, 1.807) is 19.4 Å². The normalized spacial score (nSPS) is 11.8. The fraction of sp³-hybridized carbons (Fsp3) is 0.143. The molecule has 7 heteroatoms. The molecule has 0 aliphatic heterocycles. The minimum absolute atomic E-state index is 0.121. The second kappa shape index (κ2) is 2.95. The molecule has 0 fully saturated rings. The number of H-pyrrole nitrogens is 1. The van der Waals surface area contributed by atoms with Crippen LogP contribution < -0.4 is 4.57 Å². The number of aryl methyl sites for hydroxylation is 1. The highest BCUT2D eigenvalue weighted by molar-refractivity contribution is 7.89. The molecule has 0 aliphatic carbocycles. The van der Waals surface area contributed by atoms with E-state index in [1.165, 1.54) is 23.3 Å². The van der Waals surface area contributed by atoms with Gasteiger partial charge in [0, 0.05) is 12.4 Å². The zero-order valence-corrected chi connectivity index (χ0v) is 8.27. The molecule has 0 spiro atoms. The van der Waals surface area contributed by atoms with Crippen molar-refractivity contribution in [2.45, 2.75) is 5.16 Å². The van der Waals surface area contributed by atoms with Gasteiger partial charge in [-0.05, 0) is 0 Å². The summed E-state index contributed by atoms with van der Waals surface area (Å²) in [7, 11) is -1.87. The first-order chi connectivity index (χ1) is 6.62. The lowest BCUT2D eigenvalue weighted by Gasteiger charge is -1.98. The molecule has 0 unspecified atom stereocenters. The Morgan fingerprint density at radius 1 is 1.57 bits per heavy atom. The molecule has 0 bridgehead atoms. The molecule has 0 saturated heterocycles. The maximum Gasteiger partial charge on any atom is 0.394 e. The van der Waals surface area contributed by atoms with Gasteiger partial charge in [-0.2, -0.15) is 8.42 Å². The second-order valence-electron chi connectivity index (χ2n) is 2.77. The van der Waals surface area contributed by atoms with Gasteiger partial charge in [0.05, 0.1) is 7.05 Å². The summed E-state index contributed by atoms with van der Waals surface area (Å²) < 4.78 is 26.2. The monoisotopic (exact) mass is 213 g/mol. The quantitative estimate of drug-likeness (QED) is 0.669. The SMILES string of the molecule is C[n+]1cc[nH]c1S(=O)(=O)n1ccnc1. The lowest BCUT2D eigenvalue weighted by molar-refractivity contribution is -0.709. The summed E-state index contributed by atoms with van der Waals surface area (Å²) in [5, 5.41) is 0.121. The minimum Gasteiger partial charge on any atom is -0.244 e. The molecule has 14 heavy (non-hydrogen) atoms. The van der Waals surface area contributed by atoms with Crippen LogP contribution in [-0.2, 0) is 17.1 Å².